The van der Waals surface area contributed by atoms with Gasteiger partial charge in [0.25, 0.3) is 5.91 Å². The van der Waals surface area contributed by atoms with Crippen molar-refractivity contribution >= 4 is 11.6 Å². The van der Waals surface area contributed by atoms with E-state index in [2.05, 4.69) is 0 Å². The van der Waals surface area contributed by atoms with Crippen molar-refractivity contribution in [2.45, 2.75) is 19.5 Å². The topological polar surface area (TPSA) is 58.4 Å². The Morgan fingerprint density at radius 1 is 1.42 bits per heavy atom. The smallest absolute Gasteiger partial charge is 0.342 e. The normalized spacial score (nSPS) is 11.3. The maximum absolute atomic E-state index is 12.8. The quantitative estimate of drug-likeness (QED) is 0.655. The summed E-state index contributed by atoms with van der Waals surface area (Å²) in [5, 5.41) is 0. The molecule has 0 aliphatic carbocycles. The molecule has 0 saturated carbocycles. The van der Waals surface area contributed by atoms with Crippen LogP contribution in [-0.2, 0) is 6.18 Å². The van der Waals surface area contributed by atoms with Gasteiger partial charge in [-0.05, 0) is 24.6 Å². The van der Waals surface area contributed by atoms with Crippen molar-refractivity contribution in [2.75, 3.05) is 19.0 Å². The van der Waals surface area contributed by atoms with E-state index in [1.54, 1.807) is 7.05 Å². The first-order chi connectivity index (χ1) is 8.81. The Labute approximate surface area is 109 Å². The molecule has 3 N–H and O–H groups in total. The summed E-state index contributed by atoms with van der Waals surface area (Å²) in [5.74, 6) is 4.59. The van der Waals surface area contributed by atoms with Gasteiger partial charge in [-0.1, -0.05) is 6.92 Å². The minimum absolute atomic E-state index is 0.0118. The van der Waals surface area contributed by atoms with E-state index in [1.807, 2.05) is 12.3 Å². The SMILES string of the molecule is CCCN(C)C(=O)c1ccc(NN)c(C(F)(F)F)c1. The third-order valence-corrected chi connectivity index (χ3v) is 2.63. The predicted octanol–water partition coefficient (Wildman–Crippen LogP) is 2.47. The van der Waals surface area contributed by atoms with Crippen molar-refractivity contribution in [3.8, 4) is 0 Å². The van der Waals surface area contributed by atoms with Crippen LogP contribution < -0.4 is 11.3 Å². The second kappa shape index (κ2) is 5.92. The molecule has 1 rings (SSSR count). The van der Waals surface area contributed by atoms with Gasteiger partial charge in [0.1, 0.15) is 0 Å². The van der Waals surface area contributed by atoms with Gasteiger partial charge in [0, 0.05) is 19.2 Å². The van der Waals surface area contributed by atoms with Crippen molar-refractivity contribution < 1.29 is 18.0 Å². The highest BCUT2D eigenvalue weighted by Crippen LogP contribution is 2.35. The Balaban J connectivity index is 3.15. The number of carbonyl (C=O) groups is 1. The summed E-state index contributed by atoms with van der Waals surface area (Å²) in [6.07, 6.45) is -3.84. The maximum Gasteiger partial charge on any atom is 0.418 e. The van der Waals surface area contributed by atoms with E-state index in [4.69, 9.17) is 5.84 Å². The molecule has 0 fully saturated rings. The lowest BCUT2D eigenvalue weighted by atomic mass is 10.1. The Morgan fingerprint density at radius 3 is 2.53 bits per heavy atom. The molecular weight excluding hydrogens is 259 g/mol. The van der Waals surface area contributed by atoms with Crippen LogP contribution in [0.3, 0.4) is 0 Å². The van der Waals surface area contributed by atoms with Crippen LogP contribution in [-0.4, -0.2) is 24.4 Å². The van der Waals surface area contributed by atoms with Gasteiger partial charge in [0.2, 0.25) is 0 Å². The number of hydrogen-bond acceptors (Lipinski definition) is 3. The second-order valence-corrected chi connectivity index (χ2v) is 4.13. The Hall–Kier alpha value is -1.76. The summed E-state index contributed by atoms with van der Waals surface area (Å²) in [7, 11) is 1.55. The van der Waals surface area contributed by atoms with Gasteiger partial charge in [-0.25, -0.2) is 0 Å². The zero-order chi connectivity index (χ0) is 14.6. The lowest BCUT2D eigenvalue weighted by Crippen LogP contribution is -2.28. The second-order valence-electron chi connectivity index (χ2n) is 4.13. The first-order valence-corrected chi connectivity index (χ1v) is 5.74. The molecule has 1 aromatic rings. The number of nitrogens with zero attached hydrogens (tertiary/aromatic N) is 1. The molecule has 0 aliphatic rings. The van der Waals surface area contributed by atoms with Crippen LogP contribution >= 0.6 is 0 Å². The van der Waals surface area contributed by atoms with E-state index in [1.165, 1.54) is 11.0 Å². The fourth-order valence-corrected chi connectivity index (χ4v) is 1.70. The number of hydrogen-bond donors (Lipinski definition) is 2. The average molecular weight is 275 g/mol. The number of halogens is 3. The van der Waals surface area contributed by atoms with Gasteiger partial charge in [0.05, 0.1) is 11.3 Å². The van der Waals surface area contributed by atoms with Crippen LogP contribution in [0.2, 0.25) is 0 Å². The highest BCUT2D eigenvalue weighted by atomic mass is 19.4. The lowest BCUT2D eigenvalue weighted by Gasteiger charge is -2.18. The van der Waals surface area contributed by atoms with Crippen LogP contribution in [0.5, 0.6) is 0 Å². The molecule has 1 aromatic carbocycles. The van der Waals surface area contributed by atoms with Crippen molar-refractivity contribution in [2.24, 2.45) is 5.84 Å². The molecule has 0 radical (unpaired) electrons. The summed E-state index contributed by atoms with van der Waals surface area (Å²) in [4.78, 5) is 13.3. The molecule has 0 aromatic heterocycles. The first kappa shape index (κ1) is 15.3. The molecule has 0 bridgehead atoms. The number of anilines is 1. The number of nitrogen functional groups attached to an aromatic ring is 1. The molecule has 0 heterocycles. The van der Waals surface area contributed by atoms with E-state index in [9.17, 15) is 18.0 Å². The zero-order valence-corrected chi connectivity index (χ0v) is 10.7. The molecule has 0 unspecified atom stereocenters. The van der Waals surface area contributed by atoms with E-state index >= 15 is 0 Å². The molecule has 4 nitrogen and oxygen atoms in total. The molecule has 0 spiro atoms. The van der Waals surface area contributed by atoms with Crippen LogP contribution in [0, 0.1) is 0 Å². The highest BCUT2D eigenvalue weighted by Gasteiger charge is 2.34. The fourth-order valence-electron chi connectivity index (χ4n) is 1.70. The average Bonchev–Trinajstić information content (AvgIpc) is 2.36. The van der Waals surface area contributed by atoms with Crippen LogP contribution in [0.4, 0.5) is 18.9 Å². The number of nitrogens with one attached hydrogen (secondary N) is 1. The number of amides is 1. The Bertz CT molecular complexity index is 460. The molecule has 0 aliphatic heterocycles. The lowest BCUT2D eigenvalue weighted by molar-refractivity contribution is -0.137. The van der Waals surface area contributed by atoms with Crippen LogP contribution in [0.25, 0.3) is 0 Å². The molecule has 0 saturated heterocycles. The minimum Gasteiger partial charge on any atom is -0.342 e. The summed E-state index contributed by atoms with van der Waals surface area (Å²) in [6, 6.07) is 3.28. The molecule has 7 heteroatoms. The van der Waals surface area contributed by atoms with Gasteiger partial charge in [-0.2, -0.15) is 13.2 Å². The van der Waals surface area contributed by atoms with E-state index < -0.39 is 17.6 Å². The van der Waals surface area contributed by atoms with Crippen molar-refractivity contribution in [1.82, 2.24) is 4.90 Å². The van der Waals surface area contributed by atoms with E-state index in [-0.39, 0.29) is 11.3 Å². The molecule has 106 valence electrons. The number of benzene rings is 1. The molecule has 19 heavy (non-hydrogen) atoms. The van der Waals surface area contributed by atoms with Gasteiger partial charge >= 0.3 is 6.18 Å². The van der Waals surface area contributed by atoms with E-state index in [0.717, 1.165) is 18.6 Å². The number of alkyl halides is 3. The van der Waals surface area contributed by atoms with Gasteiger partial charge in [-0.15, -0.1) is 0 Å². The Morgan fingerprint density at radius 2 is 2.05 bits per heavy atom. The number of hydrazine groups is 1. The predicted molar refractivity (Wildman–Crippen MR) is 66.5 cm³/mol. The first-order valence-electron chi connectivity index (χ1n) is 5.74. The minimum atomic E-state index is -4.57. The van der Waals surface area contributed by atoms with Gasteiger partial charge in [-0.3, -0.25) is 10.6 Å². The number of nitrogens with two attached hydrogens (primary N) is 1. The largest absolute Gasteiger partial charge is 0.418 e. The monoisotopic (exact) mass is 275 g/mol. The summed E-state index contributed by atoms with van der Waals surface area (Å²) < 4.78 is 38.4. The van der Waals surface area contributed by atoms with Crippen molar-refractivity contribution in [3.63, 3.8) is 0 Å². The van der Waals surface area contributed by atoms with Crippen LogP contribution in [0.15, 0.2) is 18.2 Å². The maximum atomic E-state index is 12.8. The Kier molecular flexibility index (Phi) is 4.77. The molecular formula is C12H16F3N3O. The third kappa shape index (κ3) is 3.60. The van der Waals surface area contributed by atoms with Gasteiger partial charge in [0.15, 0.2) is 0 Å². The van der Waals surface area contributed by atoms with Crippen molar-refractivity contribution in [3.05, 3.63) is 29.3 Å². The van der Waals surface area contributed by atoms with Gasteiger partial charge < -0.3 is 10.3 Å². The van der Waals surface area contributed by atoms with Crippen molar-refractivity contribution in [1.29, 1.82) is 0 Å². The summed E-state index contributed by atoms with van der Waals surface area (Å²) in [5.41, 5.74) is 0.751. The van der Waals surface area contributed by atoms with E-state index in [0.29, 0.717) is 6.54 Å². The third-order valence-electron chi connectivity index (χ3n) is 2.63. The molecule has 1 amide bonds. The fraction of sp³-hybridized carbons (Fsp3) is 0.417. The van der Waals surface area contributed by atoms with Crippen LogP contribution in [0.1, 0.15) is 29.3 Å². The summed E-state index contributed by atoms with van der Waals surface area (Å²) >= 11 is 0. The summed E-state index contributed by atoms with van der Waals surface area (Å²) in [6.45, 7) is 2.36. The number of rotatable bonds is 4. The number of carbonyl (C=O) groups excluding carboxylic acids is 1. The zero-order valence-electron chi connectivity index (χ0n) is 10.7. The molecule has 0 atom stereocenters. The standard InChI is InChI=1S/C12H16F3N3O/c1-3-6-18(2)11(19)8-4-5-10(17-16)9(7-8)12(13,14)15/h4-5,7,17H,3,6,16H2,1-2H3. The highest BCUT2D eigenvalue weighted by molar-refractivity contribution is 5.94.